The Kier molecular flexibility index (Phi) is 5.14. The maximum absolute atomic E-state index is 12.0. The molecule has 2 heterocycles. The molecular weight excluding hydrogens is 336 g/mol. The highest BCUT2D eigenvalue weighted by molar-refractivity contribution is 7.13. The number of thiophene rings is 1. The lowest BCUT2D eigenvalue weighted by Crippen LogP contribution is -2.35. The van der Waals surface area contributed by atoms with E-state index in [-0.39, 0.29) is 12.1 Å². The van der Waals surface area contributed by atoms with Crippen molar-refractivity contribution in [2.75, 3.05) is 5.32 Å². The second-order valence-electron chi connectivity index (χ2n) is 5.84. The Balaban J connectivity index is 1.77. The molecule has 7 heteroatoms. The number of benzene rings is 1. The van der Waals surface area contributed by atoms with Crippen molar-refractivity contribution in [3.63, 3.8) is 0 Å². The number of amides is 2. The fourth-order valence-electron chi connectivity index (χ4n) is 2.25. The molecule has 0 saturated heterocycles. The van der Waals surface area contributed by atoms with Crippen LogP contribution in [0.3, 0.4) is 0 Å². The molecule has 0 fully saturated rings. The van der Waals surface area contributed by atoms with Gasteiger partial charge >= 0.3 is 6.03 Å². The molecular formula is C18H20N4O2S. The van der Waals surface area contributed by atoms with Gasteiger partial charge in [-0.1, -0.05) is 24.2 Å². The topological polar surface area (TPSA) is 80.0 Å². The molecule has 0 spiro atoms. The maximum Gasteiger partial charge on any atom is 0.319 e. The molecule has 3 aromatic rings. The summed E-state index contributed by atoms with van der Waals surface area (Å²) < 4.78 is 5.38. The Hall–Kier alpha value is -2.67. The SMILES string of the molecule is CC[C@@H](C)NC(=O)Nc1cccc(-c2noc(-c3sccc3C)n2)c1. The van der Waals surface area contributed by atoms with Crippen molar-refractivity contribution in [2.45, 2.75) is 33.2 Å². The van der Waals surface area contributed by atoms with Gasteiger partial charge in [0.1, 0.15) is 0 Å². The summed E-state index contributed by atoms with van der Waals surface area (Å²) in [6.07, 6.45) is 0.876. The van der Waals surface area contributed by atoms with Crippen LogP contribution in [0.25, 0.3) is 22.2 Å². The summed E-state index contributed by atoms with van der Waals surface area (Å²) in [4.78, 5) is 17.4. The highest BCUT2D eigenvalue weighted by atomic mass is 32.1. The summed E-state index contributed by atoms with van der Waals surface area (Å²) in [5.74, 6) is 1.00. The van der Waals surface area contributed by atoms with E-state index in [4.69, 9.17) is 4.52 Å². The average Bonchev–Trinajstić information content (AvgIpc) is 3.23. The Morgan fingerprint density at radius 1 is 1.36 bits per heavy atom. The quantitative estimate of drug-likeness (QED) is 0.695. The second-order valence-corrected chi connectivity index (χ2v) is 6.76. The lowest BCUT2D eigenvalue weighted by Gasteiger charge is -2.12. The van der Waals surface area contributed by atoms with Crippen LogP contribution in [0.15, 0.2) is 40.2 Å². The van der Waals surface area contributed by atoms with E-state index in [1.54, 1.807) is 11.3 Å². The second kappa shape index (κ2) is 7.48. The van der Waals surface area contributed by atoms with E-state index in [2.05, 4.69) is 20.8 Å². The van der Waals surface area contributed by atoms with Gasteiger partial charge in [-0.3, -0.25) is 0 Å². The van der Waals surface area contributed by atoms with Crippen molar-refractivity contribution < 1.29 is 9.32 Å². The van der Waals surface area contributed by atoms with Crippen LogP contribution in [-0.2, 0) is 0 Å². The van der Waals surface area contributed by atoms with Crippen molar-refractivity contribution in [1.29, 1.82) is 0 Å². The molecule has 0 aliphatic carbocycles. The summed E-state index contributed by atoms with van der Waals surface area (Å²) in [6.45, 7) is 5.99. The van der Waals surface area contributed by atoms with Gasteiger partial charge in [0.15, 0.2) is 0 Å². The standard InChI is InChI=1S/C18H20N4O2S/c1-4-12(3)19-18(23)20-14-7-5-6-13(10-14)16-21-17(24-22-16)15-11(2)8-9-25-15/h5-10,12H,4H2,1-3H3,(H2,19,20,23)/t12-/m1/s1. The zero-order valence-corrected chi connectivity index (χ0v) is 15.2. The number of nitrogens with zero attached hydrogens (tertiary/aromatic N) is 2. The van der Waals surface area contributed by atoms with E-state index in [1.165, 1.54) is 0 Å². The molecule has 25 heavy (non-hydrogen) atoms. The van der Waals surface area contributed by atoms with E-state index in [9.17, 15) is 4.79 Å². The monoisotopic (exact) mass is 356 g/mol. The maximum atomic E-state index is 12.0. The number of aromatic nitrogens is 2. The molecule has 2 aromatic heterocycles. The highest BCUT2D eigenvalue weighted by Gasteiger charge is 2.14. The average molecular weight is 356 g/mol. The van der Waals surface area contributed by atoms with Crippen LogP contribution in [0.4, 0.5) is 10.5 Å². The van der Waals surface area contributed by atoms with Gasteiger partial charge in [0.2, 0.25) is 5.82 Å². The molecule has 0 unspecified atom stereocenters. The molecule has 0 saturated carbocycles. The first-order valence-electron chi connectivity index (χ1n) is 8.13. The first-order chi connectivity index (χ1) is 12.1. The number of nitrogens with one attached hydrogen (secondary N) is 2. The number of hydrogen-bond acceptors (Lipinski definition) is 5. The van der Waals surface area contributed by atoms with Crippen molar-refractivity contribution in [1.82, 2.24) is 15.5 Å². The van der Waals surface area contributed by atoms with Crippen LogP contribution >= 0.6 is 11.3 Å². The first kappa shape index (κ1) is 17.2. The van der Waals surface area contributed by atoms with Crippen molar-refractivity contribution in [3.05, 3.63) is 41.3 Å². The molecule has 0 aliphatic rings. The van der Waals surface area contributed by atoms with Crippen LogP contribution in [0.5, 0.6) is 0 Å². The number of urea groups is 1. The summed E-state index contributed by atoms with van der Waals surface area (Å²) in [7, 11) is 0. The number of rotatable bonds is 5. The minimum absolute atomic E-state index is 0.122. The van der Waals surface area contributed by atoms with Crippen LogP contribution in [0, 0.1) is 6.92 Å². The van der Waals surface area contributed by atoms with Crippen molar-refractivity contribution in [3.8, 4) is 22.2 Å². The smallest absolute Gasteiger partial charge is 0.319 e. The summed E-state index contributed by atoms with van der Waals surface area (Å²) in [6, 6.07) is 9.29. The van der Waals surface area contributed by atoms with Crippen LogP contribution in [0.1, 0.15) is 25.8 Å². The van der Waals surface area contributed by atoms with Gasteiger partial charge < -0.3 is 15.2 Å². The summed E-state index contributed by atoms with van der Waals surface area (Å²) in [5.41, 5.74) is 2.57. The lowest BCUT2D eigenvalue weighted by molar-refractivity contribution is 0.249. The van der Waals surface area contributed by atoms with Crippen molar-refractivity contribution >= 4 is 23.1 Å². The van der Waals surface area contributed by atoms with Gasteiger partial charge in [0.25, 0.3) is 5.89 Å². The first-order valence-corrected chi connectivity index (χ1v) is 9.01. The number of anilines is 1. The Morgan fingerprint density at radius 3 is 2.92 bits per heavy atom. The largest absolute Gasteiger partial charge is 0.335 e. The molecule has 0 bridgehead atoms. The van der Waals surface area contributed by atoms with Gasteiger partial charge in [0, 0.05) is 17.3 Å². The molecule has 1 atom stereocenters. The zero-order valence-electron chi connectivity index (χ0n) is 14.4. The molecule has 130 valence electrons. The van der Waals surface area contributed by atoms with Crippen LogP contribution < -0.4 is 10.6 Å². The lowest BCUT2D eigenvalue weighted by atomic mass is 10.2. The molecule has 0 radical (unpaired) electrons. The third kappa shape index (κ3) is 4.06. The van der Waals surface area contributed by atoms with Gasteiger partial charge in [-0.2, -0.15) is 4.98 Å². The summed E-state index contributed by atoms with van der Waals surface area (Å²) in [5, 5.41) is 11.7. The predicted octanol–water partition coefficient (Wildman–Crippen LogP) is 4.69. The normalized spacial score (nSPS) is 12.0. The highest BCUT2D eigenvalue weighted by Crippen LogP contribution is 2.29. The molecule has 2 N–H and O–H groups in total. The molecule has 2 amide bonds. The summed E-state index contributed by atoms with van der Waals surface area (Å²) >= 11 is 1.57. The van der Waals surface area contributed by atoms with Gasteiger partial charge in [0.05, 0.1) is 4.88 Å². The fourth-order valence-corrected chi connectivity index (χ4v) is 3.10. The fraction of sp³-hybridized carbons (Fsp3) is 0.278. The van der Waals surface area contributed by atoms with Gasteiger partial charge in [-0.25, -0.2) is 4.79 Å². The molecule has 0 aliphatic heterocycles. The zero-order chi connectivity index (χ0) is 17.8. The minimum atomic E-state index is -0.227. The van der Waals surface area contributed by atoms with Gasteiger partial charge in [-0.15, -0.1) is 11.3 Å². The number of carbonyl (C=O) groups excluding carboxylic acids is 1. The van der Waals surface area contributed by atoms with E-state index in [0.717, 1.165) is 22.4 Å². The van der Waals surface area contributed by atoms with Crippen molar-refractivity contribution in [2.24, 2.45) is 0 Å². The Bertz CT molecular complexity index is 871. The predicted molar refractivity (Wildman–Crippen MR) is 99.7 cm³/mol. The Morgan fingerprint density at radius 2 is 2.20 bits per heavy atom. The van der Waals surface area contributed by atoms with Crippen LogP contribution in [-0.4, -0.2) is 22.2 Å². The molecule has 6 nitrogen and oxygen atoms in total. The van der Waals surface area contributed by atoms with E-state index in [0.29, 0.717) is 17.4 Å². The molecule has 1 aromatic carbocycles. The Labute approximate surface area is 150 Å². The van der Waals surface area contributed by atoms with Gasteiger partial charge in [-0.05, 0) is 49.4 Å². The van der Waals surface area contributed by atoms with E-state index < -0.39 is 0 Å². The van der Waals surface area contributed by atoms with Crippen LogP contribution in [0.2, 0.25) is 0 Å². The van der Waals surface area contributed by atoms with E-state index >= 15 is 0 Å². The van der Waals surface area contributed by atoms with E-state index in [1.807, 2.05) is 56.5 Å². The third-order valence-electron chi connectivity index (χ3n) is 3.85. The molecule has 3 rings (SSSR count). The third-order valence-corrected chi connectivity index (χ3v) is 4.86. The minimum Gasteiger partial charge on any atom is -0.335 e. The number of hydrogen-bond donors (Lipinski definition) is 2. The number of carbonyl (C=O) groups is 1. The number of aryl methyl sites for hydroxylation is 1.